The lowest BCUT2D eigenvalue weighted by molar-refractivity contribution is -0.180. The minimum absolute atomic E-state index is 0.0953. The van der Waals surface area contributed by atoms with Gasteiger partial charge in [0, 0.05) is 31.7 Å². The Balaban J connectivity index is 2.18. The van der Waals surface area contributed by atoms with E-state index in [0.29, 0.717) is 24.2 Å². The van der Waals surface area contributed by atoms with E-state index in [1.807, 2.05) is 0 Å². The standard InChI is InChI=1S/C19H26N2O6/c1-12(2)19(27,18(25)26)15(17(23)24)11-13-3-5-14(6-4-13)16(22)21-9-7-20-8-10-21/h3-6,12,15,20,27H,7-11H2,1-2H3,(H,23,24)(H,25,26). The number of carboxylic acids is 2. The van der Waals surface area contributed by atoms with Gasteiger partial charge in [-0.1, -0.05) is 26.0 Å². The molecule has 1 aromatic carbocycles. The minimum Gasteiger partial charge on any atom is -0.481 e. The molecule has 0 bridgehead atoms. The van der Waals surface area contributed by atoms with Crippen LogP contribution in [0.25, 0.3) is 0 Å². The highest BCUT2D eigenvalue weighted by molar-refractivity contribution is 5.94. The van der Waals surface area contributed by atoms with Crippen molar-refractivity contribution in [1.82, 2.24) is 10.2 Å². The van der Waals surface area contributed by atoms with E-state index >= 15 is 0 Å². The van der Waals surface area contributed by atoms with Crippen LogP contribution in [0, 0.1) is 11.8 Å². The monoisotopic (exact) mass is 378 g/mol. The third kappa shape index (κ3) is 4.45. The van der Waals surface area contributed by atoms with Gasteiger partial charge in [0.2, 0.25) is 0 Å². The molecule has 0 aromatic heterocycles. The number of hydrogen-bond acceptors (Lipinski definition) is 5. The Morgan fingerprint density at radius 2 is 1.67 bits per heavy atom. The molecule has 1 amide bonds. The van der Waals surface area contributed by atoms with Gasteiger partial charge in [0.15, 0.2) is 5.60 Å². The molecule has 148 valence electrons. The number of rotatable bonds is 7. The molecule has 1 aliphatic rings. The predicted molar refractivity (Wildman–Crippen MR) is 97.5 cm³/mol. The Morgan fingerprint density at radius 3 is 2.11 bits per heavy atom. The Kier molecular flexibility index (Phi) is 6.56. The molecule has 0 aliphatic carbocycles. The summed E-state index contributed by atoms with van der Waals surface area (Å²) in [4.78, 5) is 37.4. The molecule has 1 saturated heterocycles. The number of aliphatic hydroxyl groups is 1. The molecule has 1 fully saturated rings. The largest absolute Gasteiger partial charge is 0.481 e. The fourth-order valence-corrected chi connectivity index (χ4v) is 3.30. The number of benzene rings is 1. The van der Waals surface area contributed by atoms with Crippen molar-refractivity contribution in [3.05, 3.63) is 35.4 Å². The van der Waals surface area contributed by atoms with Gasteiger partial charge in [-0.05, 0) is 30.0 Å². The molecule has 4 N–H and O–H groups in total. The van der Waals surface area contributed by atoms with E-state index < -0.39 is 29.4 Å². The van der Waals surface area contributed by atoms with Crippen molar-refractivity contribution in [2.75, 3.05) is 26.2 Å². The van der Waals surface area contributed by atoms with Crippen molar-refractivity contribution in [1.29, 1.82) is 0 Å². The molecule has 8 heteroatoms. The first kappa shape index (κ1) is 20.9. The van der Waals surface area contributed by atoms with E-state index in [-0.39, 0.29) is 12.3 Å². The molecule has 1 heterocycles. The second-order valence-corrected chi connectivity index (χ2v) is 7.12. The fourth-order valence-electron chi connectivity index (χ4n) is 3.30. The minimum atomic E-state index is -2.39. The van der Waals surface area contributed by atoms with Crippen molar-refractivity contribution in [3.63, 3.8) is 0 Å². The maximum atomic E-state index is 12.5. The van der Waals surface area contributed by atoms with E-state index in [2.05, 4.69) is 5.32 Å². The predicted octanol–water partition coefficient (Wildman–Crippen LogP) is 0.447. The maximum absolute atomic E-state index is 12.5. The maximum Gasteiger partial charge on any atom is 0.336 e. The van der Waals surface area contributed by atoms with Gasteiger partial charge in [0.1, 0.15) is 5.92 Å². The Hall–Kier alpha value is -2.45. The molecule has 2 unspecified atom stereocenters. The van der Waals surface area contributed by atoms with Gasteiger partial charge in [-0.2, -0.15) is 0 Å². The van der Waals surface area contributed by atoms with Gasteiger partial charge in [-0.15, -0.1) is 0 Å². The topological polar surface area (TPSA) is 127 Å². The Bertz CT molecular complexity index is 697. The second-order valence-electron chi connectivity index (χ2n) is 7.12. The number of carboxylic acid groups (broad SMARTS) is 2. The number of nitrogens with zero attached hydrogens (tertiary/aromatic N) is 1. The highest BCUT2D eigenvalue weighted by atomic mass is 16.4. The highest BCUT2D eigenvalue weighted by Gasteiger charge is 2.50. The first-order valence-electron chi connectivity index (χ1n) is 8.95. The quantitative estimate of drug-likeness (QED) is 0.542. The summed E-state index contributed by atoms with van der Waals surface area (Å²) in [7, 11) is 0. The summed E-state index contributed by atoms with van der Waals surface area (Å²) in [5.74, 6) is -5.33. The van der Waals surface area contributed by atoms with Crippen LogP contribution < -0.4 is 5.32 Å². The number of aliphatic carboxylic acids is 2. The lowest BCUT2D eigenvalue weighted by Gasteiger charge is -2.33. The molecular weight excluding hydrogens is 352 g/mol. The SMILES string of the molecule is CC(C)C(O)(C(=O)O)C(Cc1ccc(C(=O)N2CCNCC2)cc1)C(=O)O. The average Bonchev–Trinajstić information content (AvgIpc) is 2.65. The molecule has 8 nitrogen and oxygen atoms in total. The summed E-state index contributed by atoms with van der Waals surface area (Å²) in [5.41, 5.74) is -1.36. The zero-order valence-electron chi connectivity index (χ0n) is 15.5. The average molecular weight is 378 g/mol. The van der Waals surface area contributed by atoms with Crippen molar-refractivity contribution in [3.8, 4) is 0 Å². The summed E-state index contributed by atoms with van der Waals surface area (Å²) in [6, 6.07) is 6.42. The lowest BCUT2D eigenvalue weighted by atomic mass is 9.75. The van der Waals surface area contributed by atoms with Crippen molar-refractivity contribution in [2.45, 2.75) is 25.9 Å². The summed E-state index contributed by atoms with van der Waals surface area (Å²) >= 11 is 0. The number of hydrogen-bond donors (Lipinski definition) is 4. The third-order valence-corrected chi connectivity index (χ3v) is 5.10. The molecule has 2 rings (SSSR count). The van der Waals surface area contributed by atoms with Crippen LogP contribution in [0.4, 0.5) is 0 Å². The van der Waals surface area contributed by atoms with Crippen molar-refractivity contribution >= 4 is 17.8 Å². The van der Waals surface area contributed by atoms with Gasteiger partial charge in [-0.3, -0.25) is 9.59 Å². The van der Waals surface area contributed by atoms with Gasteiger partial charge in [0.25, 0.3) is 5.91 Å². The van der Waals surface area contributed by atoms with Crippen LogP contribution in [0.5, 0.6) is 0 Å². The summed E-state index contributed by atoms with van der Waals surface area (Å²) in [6.07, 6.45) is -0.154. The molecule has 2 atom stereocenters. The second kappa shape index (κ2) is 8.49. The number of carbonyl (C=O) groups excluding carboxylic acids is 1. The highest BCUT2D eigenvalue weighted by Crippen LogP contribution is 2.30. The van der Waals surface area contributed by atoms with Crippen LogP contribution in [0.2, 0.25) is 0 Å². The zero-order valence-corrected chi connectivity index (χ0v) is 15.5. The molecule has 1 aromatic rings. The van der Waals surface area contributed by atoms with Crippen LogP contribution in [0.1, 0.15) is 29.8 Å². The third-order valence-electron chi connectivity index (χ3n) is 5.10. The molecule has 0 spiro atoms. The number of amides is 1. The van der Waals surface area contributed by atoms with Crippen LogP contribution in [-0.4, -0.2) is 69.8 Å². The summed E-state index contributed by atoms with van der Waals surface area (Å²) in [6.45, 7) is 5.68. The first-order valence-corrected chi connectivity index (χ1v) is 8.95. The number of nitrogens with one attached hydrogen (secondary N) is 1. The van der Waals surface area contributed by atoms with Crippen LogP contribution in [0.15, 0.2) is 24.3 Å². The van der Waals surface area contributed by atoms with Crippen LogP contribution >= 0.6 is 0 Å². The van der Waals surface area contributed by atoms with Crippen molar-refractivity contribution < 1.29 is 29.7 Å². The van der Waals surface area contributed by atoms with E-state index in [1.165, 1.54) is 13.8 Å². The smallest absolute Gasteiger partial charge is 0.336 e. The lowest BCUT2D eigenvalue weighted by Crippen LogP contribution is -2.54. The molecule has 0 saturated carbocycles. The molecular formula is C19H26N2O6. The Labute approximate surface area is 157 Å². The van der Waals surface area contributed by atoms with Crippen LogP contribution in [-0.2, 0) is 16.0 Å². The van der Waals surface area contributed by atoms with Gasteiger partial charge >= 0.3 is 11.9 Å². The molecule has 1 aliphatic heterocycles. The summed E-state index contributed by atoms with van der Waals surface area (Å²) < 4.78 is 0. The van der Waals surface area contributed by atoms with Gasteiger partial charge < -0.3 is 25.5 Å². The zero-order chi connectivity index (χ0) is 20.2. The van der Waals surface area contributed by atoms with E-state index in [0.717, 1.165) is 13.1 Å². The van der Waals surface area contributed by atoms with Crippen molar-refractivity contribution in [2.24, 2.45) is 11.8 Å². The normalized spacial score (nSPS) is 18.0. The van der Waals surface area contributed by atoms with E-state index in [9.17, 15) is 29.7 Å². The van der Waals surface area contributed by atoms with Gasteiger partial charge in [-0.25, -0.2) is 4.79 Å². The number of piperazine rings is 1. The first-order chi connectivity index (χ1) is 12.7. The van der Waals surface area contributed by atoms with E-state index in [1.54, 1.807) is 29.2 Å². The van der Waals surface area contributed by atoms with Crippen LogP contribution in [0.3, 0.4) is 0 Å². The molecule has 0 radical (unpaired) electrons. The summed E-state index contributed by atoms with van der Waals surface area (Å²) in [5, 5.41) is 32.6. The molecule has 27 heavy (non-hydrogen) atoms. The number of carbonyl (C=O) groups is 3. The Morgan fingerprint density at radius 1 is 1.11 bits per heavy atom. The van der Waals surface area contributed by atoms with Gasteiger partial charge in [0.05, 0.1) is 0 Å². The fraction of sp³-hybridized carbons (Fsp3) is 0.526. The van der Waals surface area contributed by atoms with E-state index in [4.69, 9.17) is 0 Å².